The largest absolute Gasteiger partial charge is 0.348 e. The average molecular weight is 250 g/mol. The van der Waals surface area contributed by atoms with Gasteiger partial charge in [0.2, 0.25) is 0 Å². The number of carbonyl (C=O) groups excluding carboxylic acids is 1. The number of amides is 1. The van der Waals surface area contributed by atoms with Crippen LogP contribution in [0.25, 0.3) is 0 Å². The van der Waals surface area contributed by atoms with E-state index in [2.05, 4.69) is 17.6 Å². The van der Waals surface area contributed by atoms with Crippen LogP contribution in [0.2, 0.25) is 0 Å². The second kappa shape index (κ2) is 5.48. The SMILES string of the molecule is Cc1cc(C(=O)N[C@@H]2CCCN[C@@H]2C)ccc1F. The van der Waals surface area contributed by atoms with Crippen molar-refractivity contribution in [2.45, 2.75) is 38.8 Å². The Morgan fingerprint density at radius 1 is 1.50 bits per heavy atom. The Labute approximate surface area is 107 Å². The molecule has 1 fully saturated rings. The van der Waals surface area contributed by atoms with E-state index in [1.54, 1.807) is 13.0 Å². The van der Waals surface area contributed by atoms with Crippen molar-refractivity contribution in [3.05, 3.63) is 35.1 Å². The molecule has 1 aliphatic heterocycles. The minimum absolute atomic E-state index is 0.126. The third-order valence-electron chi connectivity index (χ3n) is 3.50. The first-order chi connectivity index (χ1) is 8.58. The molecule has 1 aromatic carbocycles. The molecular weight excluding hydrogens is 231 g/mol. The van der Waals surface area contributed by atoms with Gasteiger partial charge in [-0.3, -0.25) is 4.79 Å². The summed E-state index contributed by atoms with van der Waals surface area (Å²) >= 11 is 0. The molecule has 0 bridgehead atoms. The molecule has 3 nitrogen and oxygen atoms in total. The standard InChI is InChI=1S/C14H19FN2O/c1-9-8-11(5-6-12(9)15)14(18)17-13-4-3-7-16-10(13)2/h5-6,8,10,13,16H,3-4,7H2,1-2H3,(H,17,18)/t10-,13-/m1/s1. The van der Waals surface area contributed by atoms with Crippen molar-refractivity contribution in [2.75, 3.05) is 6.54 Å². The van der Waals surface area contributed by atoms with Crippen LogP contribution in [-0.2, 0) is 0 Å². The van der Waals surface area contributed by atoms with E-state index in [1.807, 2.05) is 0 Å². The smallest absolute Gasteiger partial charge is 0.251 e. The zero-order valence-electron chi connectivity index (χ0n) is 10.8. The minimum Gasteiger partial charge on any atom is -0.348 e. The third kappa shape index (κ3) is 2.88. The number of carbonyl (C=O) groups is 1. The predicted molar refractivity (Wildman–Crippen MR) is 69.1 cm³/mol. The topological polar surface area (TPSA) is 41.1 Å². The number of benzene rings is 1. The highest BCUT2D eigenvalue weighted by molar-refractivity contribution is 5.94. The fraction of sp³-hybridized carbons (Fsp3) is 0.500. The summed E-state index contributed by atoms with van der Waals surface area (Å²) in [6.07, 6.45) is 2.05. The lowest BCUT2D eigenvalue weighted by molar-refractivity contribution is 0.0919. The lowest BCUT2D eigenvalue weighted by Gasteiger charge is -2.30. The van der Waals surface area contributed by atoms with Gasteiger partial charge in [-0.25, -0.2) is 4.39 Å². The number of halogens is 1. The Morgan fingerprint density at radius 3 is 2.94 bits per heavy atom. The van der Waals surface area contributed by atoms with Crippen molar-refractivity contribution in [3.8, 4) is 0 Å². The number of piperidine rings is 1. The van der Waals surface area contributed by atoms with Crippen molar-refractivity contribution in [1.82, 2.24) is 10.6 Å². The van der Waals surface area contributed by atoms with E-state index in [0.29, 0.717) is 11.1 Å². The van der Waals surface area contributed by atoms with Crippen LogP contribution in [0, 0.1) is 12.7 Å². The highest BCUT2D eigenvalue weighted by Crippen LogP contribution is 2.12. The van der Waals surface area contributed by atoms with Gasteiger partial charge in [-0.2, -0.15) is 0 Å². The molecule has 0 aliphatic carbocycles. The van der Waals surface area contributed by atoms with Gasteiger partial charge in [0, 0.05) is 17.6 Å². The number of hydrogen-bond acceptors (Lipinski definition) is 2. The van der Waals surface area contributed by atoms with Gasteiger partial charge < -0.3 is 10.6 Å². The van der Waals surface area contributed by atoms with E-state index in [-0.39, 0.29) is 23.8 Å². The van der Waals surface area contributed by atoms with E-state index in [1.165, 1.54) is 12.1 Å². The van der Waals surface area contributed by atoms with E-state index in [4.69, 9.17) is 0 Å². The second-order valence-electron chi connectivity index (χ2n) is 4.93. The molecule has 0 unspecified atom stereocenters. The van der Waals surface area contributed by atoms with Gasteiger partial charge >= 0.3 is 0 Å². The maximum absolute atomic E-state index is 13.1. The van der Waals surface area contributed by atoms with Crippen molar-refractivity contribution in [1.29, 1.82) is 0 Å². The molecule has 0 aromatic heterocycles. The molecule has 0 spiro atoms. The summed E-state index contributed by atoms with van der Waals surface area (Å²) in [4.78, 5) is 12.1. The number of hydrogen-bond donors (Lipinski definition) is 2. The zero-order chi connectivity index (χ0) is 13.1. The first-order valence-corrected chi connectivity index (χ1v) is 6.38. The van der Waals surface area contributed by atoms with Gasteiger partial charge in [-0.1, -0.05) is 0 Å². The fourth-order valence-electron chi connectivity index (χ4n) is 2.28. The Morgan fingerprint density at radius 2 is 2.28 bits per heavy atom. The number of aryl methyl sites for hydroxylation is 1. The van der Waals surface area contributed by atoms with Crippen LogP contribution in [0.4, 0.5) is 4.39 Å². The molecule has 1 saturated heterocycles. The molecule has 2 N–H and O–H groups in total. The van der Waals surface area contributed by atoms with Gasteiger partial charge in [0.15, 0.2) is 0 Å². The molecule has 2 rings (SSSR count). The van der Waals surface area contributed by atoms with Crippen molar-refractivity contribution in [3.63, 3.8) is 0 Å². The summed E-state index contributed by atoms with van der Waals surface area (Å²) in [6, 6.07) is 4.89. The van der Waals surface area contributed by atoms with E-state index < -0.39 is 0 Å². The fourth-order valence-corrected chi connectivity index (χ4v) is 2.28. The molecule has 1 aliphatic rings. The van der Waals surface area contributed by atoms with Crippen LogP contribution in [0.3, 0.4) is 0 Å². The van der Waals surface area contributed by atoms with Gasteiger partial charge in [-0.15, -0.1) is 0 Å². The summed E-state index contributed by atoms with van der Waals surface area (Å²) in [5.74, 6) is -0.405. The monoisotopic (exact) mass is 250 g/mol. The second-order valence-corrected chi connectivity index (χ2v) is 4.93. The molecule has 1 heterocycles. The molecular formula is C14H19FN2O. The molecule has 4 heteroatoms. The zero-order valence-corrected chi connectivity index (χ0v) is 10.8. The summed E-state index contributed by atoms with van der Waals surface area (Å²) < 4.78 is 13.1. The lowest BCUT2D eigenvalue weighted by Crippen LogP contribution is -2.51. The van der Waals surface area contributed by atoms with Crippen LogP contribution < -0.4 is 10.6 Å². The normalized spacial score (nSPS) is 23.7. The van der Waals surface area contributed by atoms with Crippen molar-refractivity contribution < 1.29 is 9.18 Å². The summed E-state index contributed by atoms with van der Waals surface area (Å²) in [6.45, 7) is 4.74. The van der Waals surface area contributed by atoms with Gasteiger partial charge in [0.1, 0.15) is 5.82 Å². The van der Waals surface area contributed by atoms with E-state index in [0.717, 1.165) is 19.4 Å². The number of nitrogens with one attached hydrogen (secondary N) is 2. The molecule has 18 heavy (non-hydrogen) atoms. The molecule has 0 radical (unpaired) electrons. The third-order valence-corrected chi connectivity index (χ3v) is 3.50. The molecule has 0 saturated carbocycles. The Bertz CT molecular complexity index is 447. The van der Waals surface area contributed by atoms with Crippen LogP contribution in [0.15, 0.2) is 18.2 Å². The summed E-state index contributed by atoms with van der Waals surface area (Å²) in [5, 5.41) is 6.34. The molecule has 1 aromatic rings. The maximum atomic E-state index is 13.1. The van der Waals surface area contributed by atoms with Gasteiger partial charge in [0.25, 0.3) is 5.91 Å². The molecule has 1 amide bonds. The van der Waals surface area contributed by atoms with Crippen LogP contribution in [0.1, 0.15) is 35.7 Å². The van der Waals surface area contributed by atoms with Crippen molar-refractivity contribution >= 4 is 5.91 Å². The summed E-state index contributed by atoms with van der Waals surface area (Å²) in [5.41, 5.74) is 1.02. The number of rotatable bonds is 2. The summed E-state index contributed by atoms with van der Waals surface area (Å²) in [7, 11) is 0. The maximum Gasteiger partial charge on any atom is 0.251 e. The lowest BCUT2D eigenvalue weighted by atomic mass is 9.99. The quantitative estimate of drug-likeness (QED) is 0.843. The minimum atomic E-state index is -0.278. The first-order valence-electron chi connectivity index (χ1n) is 6.38. The Balaban J connectivity index is 2.04. The van der Waals surface area contributed by atoms with Crippen LogP contribution in [0.5, 0.6) is 0 Å². The van der Waals surface area contributed by atoms with E-state index >= 15 is 0 Å². The molecule has 98 valence electrons. The van der Waals surface area contributed by atoms with Crippen LogP contribution in [-0.4, -0.2) is 24.5 Å². The van der Waals surface area contributed by atoms with Crippen molar-refractivity contribution in [2.24, 2.45) is 0 Å². The first kappa shape index (κ1) is 13.0. The average Bonchev–Trinajstić information content (AvgIpc) is 2.35. The Kier molecular flexibility index (Phi) is 3.97. The Hall–Kier alpha value is -1.42. The van der Waals surface area contributed by atoms with Gasteiger partial charge in [-0.05, 0) is 57.0 Å². The van der Waals surface area contributed by atoms with Crippen LogP contribution >= 0.6 is 0 Å². The highest BCUT2D eigenvalue weighted by Gasteiger charge is 2.22. The highest BCUT2D eigenvalue weighted by atomic mass is 19.1. The van der Waals surface area contributed by atoms with E-state index in [9.17, 15) is 9.18 Å². The molecule has 2 atom stereocenters. The predicted octanol–water partition coefficient (Wildman–Crippen LogP) is 2.00. The van der Waals surface area contributed by atoms with Gasteiger partial charge in [0.05, 0.1) is 0 Å².